The lowest BCUT2D eigenvalue weighted by atomic mass is 9.48. The van der Waals surface area contributed by atoms with E-state index in [2.05, 4.69) is 24.2 Å². The topological polar surface area (TPSA) is 68.0 Å². The van der Waals surface area contributed by atoms with Crippen LogP contribution in [0.5, 0.6) is 0 Å². The third-order valence-electron chi connectivity index (χ3n) is 9.94. The Hall–Kier alpha value is -1.23. The maximum absolute atomic E-state index is 13.1. The van der Waals surface area contributed by atoms with Crippen molar-refractivity contribution in [1.82, 2.24) is 15.0 Å². The smallest absolute Gasteiger partial charge is 0.157 e. The molecule has 1 aromatic rings. The lowest BCUT2D eigenvalue weighted by molar-refractivity contribution is -0.133. The molecular formula is C24H37N3O2. The molecule has 5 nitrogen and oxygen atoms in total. The number of carbonyl (C=O) groups excluding carboxylic acids is 1. The van der Waals surface area contributed by atoms with Crippen LogP contribution in [0.1, 0.15) is 78.1 Å². The summed E-state index contributed by atoms with van der Waals surface area (Å²) in [5, 5.41) is 18.7. The Morgan fingerprint density at radius 3 is 2.69 bits per heavy atom. The van der Waals surface area contributed by atoms with Gasteiger partial charge in [0.25, 0.3) is 0 Å². The van der Waals surface area contributed by atoms with Crippen molar-refractivity contribution in [3.05, 3.63) is 12.4 Å². The van der Waals surface area contributed by atoms with Crippen molar-refractivity contribution in [3.8, 4) is 0 Å². The molecule has 160 valence electrons. The van der Waals surface area contributed by atoms with Gasteiger partial charge in [-0.05, 0) is 99.2 Å². The normalized spacial score (nSPS) is 46.6. The number of hydrogen-bond acceptors (Lipinski definition) is 4. The number of ketones is 1. The van der Waals surface area contributed by atoms with Crippen LogP contribution in [0.2, 0.25) is 0 Å². The fourth-order valence-electron chi connectivity index (χ4n) is 8.40. The number of aromatic nitrogens is 3. The van der Waals surface area contributed by atoms with Crippen molar-refractivity contribution in [2.75, 3.05) is 0 Å². The lowest BCUT2D eigenvalue weighted by Crippen LogP contribution is -2.51. The first-order chi connectivity index (χ1) is 13.9. The summed E-state index contributed by atoms with van der Waals surface area (Å²) in [6.45, 7) is 4.95. The minimum absolute atomic E-state index is 0.171. The van der Waals surface area contributed by atoms with Crippen LogP contribution in [0.25, 0.3) is 0 Å². The molecule has 0 saturated heterocycles. The zero-order valence-corrected chi connectivity index (χ0v) is 18.1. The molecule has 4 aliphatic rings. The average Bonchev–Trinajstić information content (AvgIpc) is 3.34. The van der Waals surface area contributed by atoms with Crippen LogP contribution < -0.4 is 0 Å². The van der Waals surface area contributed by atoms with E-state index in [1.54, 1.807) is 17.1 Å². The number of fused-ring (bicyclic) bond motifs is 5. The summed E-state index contributed by atoms with van der Waals surface area (Å²) in [7, 11) is 0. The maximum Gasteiger partial charge on any atom is 0.157 e. The van der Waals surface area contributed by atoms with Crippen LogP contribution in [-0.2, 0) is 11.3 Å². The van der Waals surface area contributed by atoms with Gasteiger partial charge in [-0.15, -0.1) is 5.10 Å². The Kier molecular flexibility index (Phi) is 4.88. The highest BCUT2D eigenvalue weighted by molar-refractivity contribution is 5.82. The molecule has 5 heteroatoms. The first kappa shape index (κ1) is 19.7. The highest BCUT2D eigenvalue weighted by Crippen LogP contribution is 2.64. The van der Waals surface area contributed by atoms with E-state index in [9.17, 15) is 9.90 Å². The number of carbonyl (C=O) groups is 1. The van der Waals surface area contributed by atoms with Gasteiger partial charge in [0.1, 0.15) is 6.54 Å². The summed E-state index contributed by atoms with van der Waals surface area (Å²) < 4.78 is 1.69. The summed E-state index contributed by atoms with van der Waals surface area (Å²) in [5.74, 6) is 4.42. The lowest BCUT2D eigenvalue weighted by Gasteiger charge is -2.57. The van der Waals surface area contributed by atoms with Gasteiger partial charge in [0.05, 0.1) is 11.8 Å². The summed E-state index contributed by atoms with van der Waals surface area (Å²) in [6, 6.07) is 0. The van der Waals surface area contributed by atoms with Crippen LogP contribution in [0, 0.1) is 40.9 Å². The summed E-state index contributed by atoms with van der Waals surface area (Å²) in [4.78, 5) is 13.1. The molecule has 0 aromatic carbocycles. The average molecular weight is 400 g/mol. The zero-order chi connectivity index (χ0) is 20.2. The molecule has 5 rings (SSSR count). The molecule has 1 aromatic heterocycles. The second-order valence-electron chi connectivity index (χ2n) is 11.0. The minimum atomic E-state index is -0.399. The second-order valence-corrected chi connectivity index (χ2v) is 11.0. The Bertz CT molecular complexity index is 749. The third-order valence-corrected chi connectivity index (χ3v) is 9.94. The molecule has 0 radical (unpaired) electrons. The molecule has 0 spiro atoms. The molecule has 4 saturated carbocycles. The minimum Gasteiger partial charge on any atom is -0.390 e. The first-order valence-corrected chi connectivity index (χ1v) is 12.0. The number of Topliss-reactive ketones (excluding diaryl/α,β-unsaturated/α-hetero) is 1. The van der Waals surface area contributed by atoms with Crippen LogP contribution >= 0.6 is 0 Å². The Morgan fingerprint density at radius 1 is 1.10 bits per heavy atom. The van der Waals surface area contributed by atoms with Crippen molar-refractivity contribution in [1.29, 1.82) is 0 Å². The van der Waals surface area contributed by atoms with Gasteiger partial charge in [-0.25, -0.2) is 4.68 Å². The molecule has 8 atom stereocenters. The Morgan fingerprint density at radius 2 is 1.93 bits per heavy atom. The molecule has 0 bridgehead atoms. The van der Waals surface area contributed by atoms with Crippen molar-refractivity contribution >= 4 is 5.78 Å². The van der Waals surface area contributed by atoms with Gasteiger partial charge < -0.3 is 5.11 Å². The highest BCUT2D eigenvalue weighted by atomic mass is 16.3. The van der Waals surface area contributed by atoms with E-state index in [0.29, 0.717) is 18.2 Å². The number of aliphatic hydroxyl groups is 1. The SMILES string of the molecule is CC[C@@]1(O)CC[C@H]2[C@H](CC[C@@H]3[C@@H]2CC[C@]2(C)[C@@H](C(=O)Cn4ccnn4)CC[C@@H]32)C1. The van der Waals surface area contributed by atoms with Gasteiger partial charge in [0.15, 0.2) is 5.78 Å². The van der Waals surface area contributed by atoms with E-state index in [4.69, 9.17) is 0 Å². The van der Waals surface area contributed by atoms with Gasteiger partial charge in [-0.1, -0.05) is 19.1 Å². The van der Waals surface area contributed by atoms with Gasteiger partial charge in [-0.2, -0.15) is 0 Å². The number of nitrogens with zero attached hydrogens (tertiary/aromatic N) is 3. The van der Waals surface area contributed by atoms with E-state index in [1.807, 2.05) is 0 Å². The van der Waals surface area contributed by atoms with E-state index >= 15 is 0 Å². The third kappa shape index (κ3) is 3.19. The standard InChI is InChI=1S/C24H37N3O2/c1-3-24(29)11-9-17-16(14-24)4-5-19-18(17)8-10-23(2)20(19)6-7-21(23)22(28)15-27-13-12-25-26-27/h12-13,16-21,29H,3-11,14-15H2,1-2H3/t16-,17+,18-,19-,20+,21-,23+,24-/m1/s1. The van der Waals surface area contributed by atoms with Crippen molar-refractivity contribution in [2.24, 2.45) is 40.9 Å². The fourth-order valence-corrected chi connectivity index (χ4v) is 8.40. The molecule has 4 aliphatic carbocycles. The molecule has 0 amide bonds. The summed E-state index contributed by atoms with van der Waals surface area (Å²) >= 11 is 0. The Balaban J connectivity index is 1.31. The predicted molar refractivity (Wildman–Crippen MR) is 111 cm³/mol. The number of rotatable bonds is 4. The monoisotopic (exact) mass is 399 g/mol. The van der Waals surface area contributed by atoms with Gasteiger partial charge >= 0.3 is 0 Å². The van der Waals surface area contributed by atoms with Crippen molar-refractivity contribution < 1.29 is 9.90 Å². The van der Waals surface area contributed by atoms with Crippen LogP contribution in [0.3, 0.4) is 0 Å². The molecule has 0 unspecified atom stereocenters. The molecule has 1 N–H and O–H groups in total. The largest absolute Gasteiger partial charge is 0.390 e. The van der Waals surface area contributed by atoms with E-state index in [0.717, 1.165) is 49.4 Å². The molecule has 1 heterocycles. The quantitative estimate of drug-likeness (QED) is 0.821. The van der Waals surface area contributed by atoms with Gasteiger partial charge in [0.2, 0.25) is 0 Å². The maximum atomic E-state index is 13.1. The molecule has 4 fully saturated rings. The second kappa shape index (κ2) is 7.18. The summed E-state index contributed by atoms with van der Waals surface area (Å²) in [6.07, 6.45) is 15.0. The van der Waals surface area contributed by atoms with E-state index in [-0.39, 0.29) is 11.3 Å². The zero-order valence-electron chi connectivity index (χ0n) is 18.1. The van der Waals surface area contributed by atoms with E-state index in [1.165, 1.54) is 38.5 Å². The first-order valence-electron chi connectivity index (χ1n) is 12.0. The highest BCUT2D eigenvalue weighted by Gasteiger charge is 2.58. The van der Waals surface area contributed by atoms with Crippen LogP contribution in [0.15, 0.2) is 12.4 Å². The van der Waals surface area contributed by atoms with Crippen LogP contribution in [0.4, 0.5) is 0 Å². The molecular weight excluding hydrogens is 362 g/mol. The Labute approximate surface area is 174 Å². The molecule has 29 heavy (non-hydrogen) atoms. The van der Waals surface area contributed by atoms with Crippen molar-refractivity contribution in [3.63, 3.8) is 0 Å². The van der Waals surface area contributed by atoms with Crippen molar-refractivity contribution in [2.45, 2.75) is 90.2 Å². The summed E-state index contributed by atoms with van der Waals surface area (Å²) in [5.41, 5.74) is -0.228. The van der Waals surface area contributed by atoms with Crippen LogP contribution in [-0.4, -0.2) is 31.5 Å². The van der Waals surface area contributed by atoms with Gasteiger partial charge in [0, 0.05) is 12.1 Å². The number of hydrogen-bond donors (Lipinski definition) is 1. The van der Waals surface area contributed by atoms with E-state index < -0.39 is 5.60 Å². The predicted octanol–water partition coefficient (Wildman–Crippen LogP) is 4.26. The fraction of sp³-hybridized carbons (Fsp3) is 0.875. The molecule has 0 aliphatic heterocycles. The van der Waals surface area contributed by atoms with Gasteiger partial charge in [-0.3, -0.25) is 4.79 Å².